The minimum atomic E-state index is -0.0712. The predicted octanol–water partition coefficient (Wildman–Crippen LogP) is 2.74. The second-order valence-corrected chi connectivity index (χ2v) is 5.42. The van der Waals surface area contributed by atoms with Gasteiger partial charge in [-0.1, -0.05) is 18.2 Å². The molecule has 0 aromatic heterocycles. The summed E-state index contributed by atoms with van der Waals surface area (Å²) in [6.45, 7) is 5.99. The zero-order valence-corrected chi connectivity index (χ0v) is 11.0. The first-order chi connectivity index (χ1) is 8.09. The summed E-state index contributed by atoms with van der Waals surface area (Å²) < 4.78 is 5.49. The van der Waals surface area contributed by atoms with E-state index in [0.29, 0.717) is 0 Å². The van der Waals surface area contributed by atoms with E-state index >= 15 is 0 Å². The van der Waals surface area contributed by atoms with Crippen molar-refractivity contribution in [3.8, 4) is 0 Å². The lowest BCUT2D eigenvalue weighted by Gasteiger charge is -2.27. The van der Waals surface area contributed by atoms with Crippen LogP contribution in [-0.2, 0) is 11.2 Å². The van der Waals surface area contributed by atoms with E-state index < -0.39 is 0 Å². The molecule has 1 aliphatic rings. The molecular formula is C15H23NO. The number of hydrogen-bond donors (Lipinski definition) is 1. The molecule has 0 spiro atoms. The molecule has 0 amide bonds. The summed E-state index contributed by atoms with van der Waals surface area (Å²) in [5.41, 5.74) is 10.5. The highest BCUT2D eigenvalue weighted by molar-refractivity contribution is 5.31. The van der Waals surface area contributed by atoms with E-state index in [1.54, 1.807) is 0 Å². The van der Waals surface area contributed by atoms with Crippen molar-refractivity contribution in [2.45, 2.75) is 45.1 Å². The number of rotatable bonds is 2. The first-order valence-corrected chi connectivity index (χ1v) is 6.52. The zero-order chi connectivity index (χ0) is 12.3. The van der Waals surface area contributed by atoms with E-state index in [9.17, 15) is 0 Å². The minimum absolute atomic E-state index is 0.0712. The molecule has 2 N–H and O–H groups in total. The largest absolute Gasteiger partial charge is 0.381 e. The van der Waals surface area contributed by atoms with Gasteiger partial charge in [0.1, 0.15) is 0 Å². The fourth-order valence-corrected chi connectivity index (χ4v) is 2.53. The van der Waals surface area contributed by atoms with Crippen molar-refractivity contribution < 1.29 is 4.74 Å². The highest BCUT2D eigenvalue weighted by Crippen LogP contribution is 2.24. The summed E-state index contributed by atoms with van der Waals surface area (Å²) >= 11 is 0. The van der Waals surface area contributed by atoms with Gasteiger partial charge in [-0.2, -0.15) is 0 Å². The average molecular weight is 233 g/mol. The van der Waals surface area contributed by atoms with Gasteiger partial charge < -0.3 is 10.5 Å². The SMILES string of the molecule is Cc1ccc(CC2(N)CCCOCC2)cc1C. The van der Waals surface area contributed by atoms with E-state index in [2.05, 4.69) is 32.0 Å². The molecule has 0 radical (unpaired) electrons. The van der Waals surface area contributed by atoms with E-state index in [1.165, 1.54) is 16.7 Å². The standard InChI is InChI=1S/C15H23NO/c1-12-4-5-14(10-13(12)2)11-15(16)6-3-8-17-9-7-15/h4-5,10H,3,6-9,11,16H2,1-2H3. The van der Waals surface area contributed by atoms with Gasteiger partial charge in [0.25, 0.3) is 0 Å². The maximum atomic E-state index is 6.50. The Labute approximate surface area is 104 Å². The molecule has 0 bridgehead atoms. The monoisotopic (exact) mass is 233 g/mol. The van der Waals surface area contributed by atoms with Gasteiger partial charge in [-0.05, 0) is 56.2 Å². The van der Waals surface area contributed by atoms with Crippen molar-refractivity contribution in [2.75, 3.05) is 13.2 Å². The molecule has 2 rings (SSSR count). The Hall–Kier alpha value is -0.860. The molecule has 1 aromatic rings. The van der Waals surface area contributed by atoms with Gasteiger partial charge in [-0.25, -0.2) is 0 Å². The number of hydrogen-bond acceptors (Lipinski definition) is 2. The third kappa shape index (κ3) is 3.30. The Bertz CT molecular complexity index is 379. The Morgan fingerprint density at radius 2 is 2.00 bits per heavy atom. The molecule has 0 aliphatic carbocycles. The van der Waals surface area contributed by atoms with Gasteiger partial charge in [0.2, 0.25) is 0 Å². The lowest BCUT2D eigenvalue weighted by Crippen LogP contribution is -2.42. The zero-order valence-electron chi connectivity index (χ0n) is 11.0. The predicted molar refractivity (Wildman–Crippen MR) is 71.2 cm³/mol. The van der Waals surface area contributed by atoms with Crippen LogP contribution in [0.15, 0.2) is 18.2 Å². The summed E-state index contributed by atoms with van der Waals surface area (Å²) in [6.07, 6.45) is 4.10. The topological polar surface area (TPSA) is 35.2 Å². The second-order valence-electron chi connectivity index (χ2n) is 5.42. The van der Waals surface area contributed by atoms with E-state index in [-0.39, 0.29) is 5.54 Å². The quantitative estimate of drug-likeness (QED) is 0.852. The van der Waals surface area contributed by atoms with Gasteiger partial charge in [-0.15, -0.1) is 0 Å². The average Bonchev–Trinajstić information content (AvgIpc) is 2.49. The van der Waals surface area contributed by atoms with Crippen molar-refractivity contribution in [2.24, 2.45) is 5.73 Å². The lowest BCUT2D eigenvalue weighted by atomic mass is 9.84. The van der Waals surface area contributed by atoms with E-state index in [4.69, 9.17) is 10.5 Å². The van der Waals surface area contributed by atoms with Crippen molar-refractivity contribution in [3.63, 3.8) is 0 Å². The van der Waals surface area contributed by atoms with Crippen molar-refractivity contribution in [3.05, 3.63) is 34.9 Å². The first kappa shape index (κ1) is 12.6. The summed E-state index contributed by atoms with van der Waals surface area (Å²) in [5, 5.41) is 0. The molecule has 17 heavy (non-hydrogen) atoms. The summed E-state index contributed by atoms with van der Waals surface area (Å²) in [5.74, 6) is 0. The van der Waals surface area contributed by atoms with Gasteiger partial charge in [0.05, 0.1) is 0 Å². The third-order valence-electron chi connectivity index (χ3n) is 3.84. The van der Waals surface area contributed by atoms with E-state index in [1.807, 2.05) is 0 Å². The molecule has 0 saturated carbocycles. The normalized spacial score (nSPS) is 25.6. The van der Waals surface area contributed by atoms with Crippen LogP contribution in [0.3, 0.4) is 0 Å². The summed E-state index contributed by atoms with van der Waals surface area (Å²) in [7, 11) is 0. The highest BCUT2D eigenvalue weighted by atomic mass is 16.5. The van der Waals surface area contributed by atoms with Crippen LogP contribution in [-0.4, -0.2) is 18.8 Å². The third-order valence-corrected chi connectivity index (χ3v) is 3.84. The molecule has 1 atom stereocenters. The fraction of sp³-hybridized carbons (Fsp3) is 0.600. The molecule has 1 heterocycles. The molecule has 1 aliphatic heterocycles. The Morgan fingerprint density at radius 3 is 2.76 bits per heavy atom. The van der Waals surface area contributed by atoms with E-state index in [0.717, 1.165) is 38.9 Å². The van der Waals surface area contributed by atoms with Crippen LogP contribution in [0, 0.1) is 13.8 Å². The Kier molecular flexibility index (Phi) is 3.85. The van der Waals surface area contributed by atoms with Crippen LogP contribution in [0.5, 0.6) is 0 Å². The number of benzene rings is 1. The van der Waals surface area contributed by atoms with Crippen LogP contribution in [0.1, 0.15) is 36.0 Å². The molecule has 94 valence electrons. The van der Waals surface area contributed by atoms with Crippen LogP contribution in [0.2, 0.25) is 0 Å². The first-order valence-electron chi connectivity index (χ1n) is 6.52. The Morgan fingerprint density at radius 1 is 1.18 bits per heavy atom. The van der Waals surface area contributed by atoms with Crippen molar-refractivity contribution in [1.29, 1.82) is 0 Å². The number of aryl methyl sites for hydroxylation is 2. The maximum absolute atomic E-state index is 6.50. The molecular weight excluding hydrogens is 210 g/mol. The smallest absolute Gasteiger partial charge is 0.0483 e. The van der Waals surface area contributed by atoms with Crippen LogP contribution in [0.25, 0.3) is 0 Å². The molecule has 2 nitrogen and oxygen atoms in total. The van der Waals surface area contributed by atoms with Gasteiger partial charge >= 0.3 is 0 Å². The molecule has 1 saturated heterocycles. The Balaban J connectivity index is 2.10. The lowest BCUT2D eigenvalue weighted by molar-refractivity contribution is 0.139. The fourth-order valence-electron chi connectivity index (χ4n) is 2.53. The van der Waals surface area contributed by atoms with Crippen molar-refractivity contribution >= 4 is 0 Å². The highest BCUT2D eigenvalue weighted by Gasteiger charge is 2.26. The second kappa shape index (κ2) is 5.19. The van der Waals surface area contributed by atoms with Crippen LogP contribution >= 0.6 is 0 Å². The number of nitrogens with two attached hydrogens (primary N) is 1. The van der Waals surface area contributed by atoms with Gasteiger partial charge in [0.15, 0.2) is 0 Å². The van der Waals surface area contributed by atoms with Gasteiger partial charge in [0, 0.05) is 18.8 Å². The summed E-state index contributed by atoms with van der Waals surface area (Å²) in [6, 6.07) is 6.68. The van der Waals surface area contributed by atoms with Crippen molar-refractivity contribution in [1.82, 2.24) is 0 Å². The minimum Gasteiger partial charge on any atom is -0.381 e. The number of ether oxygens (including phenoxy) is 1. The van der Waals surface area contributed by atoms with Crippen LogP contribution in [0.4, 0.5) is 0 Å². The summed E-state index contributed by atoms with van der Waals surface area (Å²) in [4.78, 5) is 0. The molecule has 1 unspecified atom stereocenters. The van der Waals surface area contributed by atoms with Gasteiger partial charge in [-0.3, -0.25) is 0 Å². The molecule has 1 aromatic carbocycles. The molecule has 2 heteroatoms. The maximum Gasteiger partial charge on any atom is 0.0483 e. The molecule has 1 fully saturated rings. The van der Waals surface area contributed by atoms with Crippen LogP contribution < -0.4 is 5.73 Å².